The van der Waals surface area contributed by atoms with Gasteiger partial charge in [-0.25, -0.2) is 0 Å². The van der Waals surface area contributed by atoms with Crippen LogP contribution >= 0.6 is 0 Å². The Hall–Kier alpha value is -0.900. The van der Waals surface area contributed by atoms with Crippen LogP contribution in [-0.2, 0) is 6.54 Å². The standard InChI is InChI=1S/C18H30N2O/c1-15(12-16(2)21)13-19-18-8-10-20(11-9-18)14-17-6-4-3-5-7-17/h3-7,15-16,18-19,21H,8-14H2,1-2H3. The number of nitrogens with zero attached hydrogens (tertiary/aromatic N) is 1. The third-order valence-electron chi connectivity index (χ3n) is 4.34. The van der Waals surface area contributed by atoms with Gasteiger partial charge in [-0.1, -0.05) is 37.3 Å². The van der Waals surface area contributed by atoms with Gasteiger partial charge in [0.05, 0.1) is 6.10 Å². The van der Waals surface area contributed by atoms with Crippen LogP contribution in [0.25, 0.3) is 0 Å². The number of hydrogen-bond donors (Lipinski definition) is 2. The first kappa shape index (κ1) is 16.5. The number of nitrogens with one attached hydrogen (secondary N) is 1. The Morgan fingerprint density at radius 1 is 1.19 bits per heavy atom. The fourth-order valence-electron chi connectivity index (χ4n) is 3.17. The first-order valence-electron chi connectivity index (χ1n) is 8.31. The zero-order valence-corrected chi connectivity index (χ0v) is 13.5. The molecule has 1 aromatic rings. The molecule has 21 heavy (non-hydrogen) atoms. The van der Waals surface area contributed by atoms with E-state index < -0.39 is 0 Å². The van der Waals surface area contributed by atoms with E-state index in [0.717, 1.165) is 19.5 Å². The Bertz CT molecular complexity index is 385. The predicted molar refractivity (Wildman–Crippen MR) is 88.2 cm³/mol. The van der Waals surface area contributed by atoms with Crippen molar-refractivity contribution in [3.8, 4) is 0 Å². The van der Waals surface area contributed by atoms with Crippen molar-refractivity contribution < 1.29 is 5.11 Å². The molecule has 3 heteroatoms. The van der Waals surface area contributed by atoms with Crippen LogP contribution in [0.1, 0.15) is 38.7 Å². The summed E-state index contributed by atoms with van der Waals surface area (Å²) in [6.45, 7) is 8.54. The Kier molecular flexibility index (Phi) is 6.68. The first-order chi connectivity index (χ1) is 10.1. The minimum Gasteiger partial charge on any atom is -0.393 e. The van der Waals surface area contributed by atoms with Crippen molar-refractivity contribution in [2.24, 2.45) is 5.92 Å². The Morgan fingerprint density at radius 3 is 2.48 bits per heavy atom. The molecule has 2 rings (SSSR count). The molecule has 2 unspecified atom stereocenters. The Morgan fingerprint density at radius 2 is 1.86 bits per heavy atom. The van der Waals surface area contributed by atoms with Gasteiger partial charge in [-0.2, -0.15) is 0 Å². The molecule has 0 amide bonds. The van der Waals surface area contributed by atoms with Gasteiger partial charge in [0.2, 0.25) is 0 Å². The molecule has 3 nitrogen and oxygen atoms in total. The molecule has 1 aliphatic rings. The van der Waals surface area contributed by atoms with Gasteiger partial charge in [-0.15, -0.1) is 0 Å². The van der Waals surface area contributed by atoms with Crippen molar-refractivity contribution in [1.82, 2.24) is 10.2 Å². The second-order valence-corrected chi connectivity index (χ2v) is 6.63. The van der Waals surface area contributed by atoms with Crippen LogP contribution in [0.15, 0.2) is 30.3 Å². The van der Waals surface area contributed by atoms with E-state index in [4.69, 9.17) is 0 Å². The van der Waals surface area contributed by atoms with Crippen molar-refractivity contribution in [3.63, 3.8) is 0 Å². The zero-order valence-electron chi connectivity index (χ0n) is 13.5. The smallest absolute Gasteiger partial charge is 0.0515 e. The summed E-state index contributed by atoms with van der Waals surface area (Å²) in [6, 6.07) is 11.4. The average molecular weight is 290 g/mol. The van der Waals surface area contributed by atoms with Crippen LogP contribution in [0.4, 0.5) is 0 Å². The van der Waals surface area contributed by atoms with E-state index in [1.54, 1.807) is 0 Å². The molecule has 0 bridgehead atoms. The number of piperidine rings is 1. The van der Waals surface area contributed by atoms with Gasteiger partial charge in [0.15, 0.2) is 0 Å². The van der Waals surface area contributed by atoms with Crippen molar-refractivity contribution >= 4 is 0 Å². The Balaban J connectivity index is 1.64. The number of likely N-dealkylation sites (tertiary alicyclic amines) is 1. The molecule has 0 aromatic heterocycles. The second-order valence-electron chi connectivity index (χ2n) is 6.63. The lowest BCUT2D eigenvalue weighted by Crippen LogP contribution is -2.43. The monoisotopic (exact) mass is 290 g/mol. The molecule has 1 aliphatic heterocycles. The van der Waals surface area contributed by atoms with E-state index >= 15 is 0 Å². The fourth-order valence-corrected chi connectivity index (χ4v) is 3.17. The molecule has 0 saturated carbocycles. The lowest BCUT2D eigenvalue weighted by molar-refractivity contribution is 0.156. The molecule has 0 radical (unpaired) electrons. The van der Waals surface area contributed by atoms with E-state index in [-0.39, 0.29) is 6.10 Å². The molecule has 1 aromatic carbocycles. The molecule has 118 valence electrons. The van der Waals surface area contributed by atoms with Gasteiger partial charge in [0.25, 0.3) is 0 Å². The maximum atomic E-state index is 9.40. The molecule has 1 saturated heterocycles. The van der Waals surface area contributed by atoms with E-state index in [1.165, 1.54) is 31.5 Å². The van der Waals surface area contributed by atoms with Gasteiger partial charge in [-0.05, 0) is 57.3 Å². The van der Waals surface area contributed by atoms with Crippen molar-refractivity contribution in [1.29, 1.82) is 0 Å². The highest BCUT2D eigenvalue weighted by atomic mass is 16.3. The first-order valence-corrected chi connectivity index (χ1v) is 8.31. The fraction of sp³-hybridized carbons (Fsp3) is 0.667. The van der Waals surface area contributed by atoms with Crippen molar-refractivity contribution in [2.75, 3.05) is 19.6 Å². The van der Waals surface area contributed by atoms with Crippen molar-refractivity contribution in [2.45, 2.75) is 51.8 Å². The minimum atomic E-state index is -0.186. The molecule has 0 spiro atoms. The van der Waals surface area contributed by atoms with E-state index in [9.17, 15) is 5.11 Å². The summed E-state index contributed by atoms with van der Waals surface area (Å²) >= 11 is 0. The van der Waals surface area contributed by atoms with Gasteiger partial charge in [0.1, 0.15) is 0 Å². The molecule has 2 N–H and O–H groups in total. The number of aliphatic hydroxyl groups excluding tert-OH is 1. The molecule has 0 aliphatic carbocycles. The quantitative estimate of drug-likeness (QED) is 0.810. The summed E-state index contributed by atoms with van der Waals surface area (Å²) in [5, 5.41) is 13.1. The lowest BCUT2D eigenvalue weighted by Gasteiger charge is -2.33. The van der Waals surface area contributed by atoms with E-state index in [0.29, 0.717) is 12.0 Å². The van der Waals surface area contributed by atoms with Crippen LogP contribution in [0, 0.1) is 5.92 Å². The number of benzene rings is 1. The summed E-state index contributed by atoms with van der Waals surface area (Å²) in [4.78, 5) is 2.55. The summed E-state index contributed by atoms with van der Waals surface area (Å²) < 4.78 is 0. The average Bonchev–Trinajstić information content (AvgIpc) is 2.47. The van der Waals surface area contributed by atoms with Crippen molar-refractivity contribution in [3.05, 3.63) is 35.9 Å². The minimum absolute atomic E-state index is 0.186. The summed E-state index contributed by atoms with van der Waals surface area (Å²) in [5.41, 5.74) is 1.41. The lowest BCUT2D eigenvalue weighted by atomic mass is 10.0. The van der Waals surface area contributed by atoms with Crippen LogP contribution in [-0.4, -0.2) is 41.8 Å². The van der Waals surface area contributed by atoms with Crippen LogP contribution in [0.5, 0.6) is 0 Å². The van der Waals surface area contributed by atoms with Gasteiger partial charge in [0, 0.05) is 12.6 Å². The molecule has 2 atom stereocenters. The van der Waals surface area contributed by atoms with Crippen LogP contribution < -0.4 is 5.32 Å². The number of rotatable bonds is 7. The summed E-state index contributed by atoms with van der Waals surface area (Å²) in [7, 11) is 0. The second kappa shape index (κ2) is 8.52. The largest absolute Gasteiger partial charge is 0.393 e. The molecule has 1 heterocycles. The zero-order chi connectivity index (χ0) is 15.1. The summed E-state index contributed by atoms with van der Waals surface area (Å²) in [5.74, 6) is 0.548. The highest BCUT2D eigenvalue weighted by Gasteiger charge is 2.19. The number of aliphatic hydroxyl groups is 1. The topological polar surface area (TPSA) is 35.5 Å². The van der Waals surface area contributed by atoms with Gasteiger partial charge < -0.3 is 10.4 Å². The van der Waals surface area contributed by atoms with E-state index in [2.05, 4.69) is 47.5 Å². The predicted octanol–water partition coefficient (Wildman–Crippen LogP) is 2.65. The SMILES string of the molecule is CC(O)CC(C)CNC1CCN(Cc2ccccc2)CC1. The van der Waals surface area contributed by atoms with Gasteiger partial charge in [-0.3, -0.25) is 4.90 Å². The van der Waals surface area contributed by atoms with Gasteiger partial charge >= 0.3 is 0 Å². The normalized spacial score (nSPS) is 20.3. The Labute approximate surface area is 129 Å². The highest BCUT2D eigenvalue weighted by molar-refractivity contribution is 5.14. The summed E-state index contributed by atoms with van der Waals surface area (Å²) in [6.07, 6.45) is 3.16. The third kappa shape index (κ3) is 6.16. The maximum Gasteiger partial charge on any atom is 0.0515 e. The van der Waals surface area contributed by atoms with E-state index in [1.807, 2.05) is 6.92 Å². The maximum absolute atomic E-state index is 9.40. The molecule has 1 fully saturated rings. The number of hydrogen-bond acceptors (Lipinski definition) is 3. The van der Waals surface area contributed by atoms with Crippen LogP contribution in [0.3, 0.4) is 0 Å². The molecular weight excluding hydrogens is 260 g/mol. The third-order valence-corrected chi connectivity index (χ3v) is 4.34. The van der Waals surface area contributed by atoms with Crippen LogP contribution in [0.2, 0.25) is 0 Å². The highest BCUT2D eigenvalue weighted by Crippen LogP contribution is 2.14. The molecular formula is C18H30N2O.